The van der Waals surface area contributed by atoms with Crippen molar-refractivity contribution >= 4 is 28.3 Å². The van der Waals surface area contributed by atoms with Gasteiger partial charge in [-0.3, -0.25) is 19.1 Å². The molecule has 2 N–H and O–H groups in total. The molecule has 0 spiro atoms. The molecule has 0 saturated carbocycles. The van der Waals surface area contributed by atoms with E-state index in [1.807, 2.05) is 6.92 Å². The molecule has 1 amide bonds. The molecule has 0 aliphatic heterocycles. The molecule has 0 atom stereocenters. The summed E-state index contributed by atoms with van der Waals surface area (Å²) >= 11 is 0. The number of rotatable bonds is 5. The van der Waals surface area contributed by atoms with E-state index in [0.717, 1.165) is 5.69 Å². The number of nitrogens with zero attached hydrogens (tertiary/aromatic N) is 3. The Morgan fingerprint density at radius 1 is 1.22 bits per heavy atom. The van der Waals surface area contributed by atoms with Crippen molar-refractivity contribution in [3.8, 4) is 0 Å². The van der Waals surface area contributed by atoms with E-state index < -0.39 is 18.5 Å². The van der Waals surface area contributed by atoms with Gasteiger partial charge in [-0.15, -0.1) is 0 Å². The molecule has 27 heavy (non-hydrogen) atoms. The number of hydrogen-bond donors (Lipinski definition) is 2. The highest BCUT2D eigenvalue weighted by atomic mass is 16.5. The molecule has 0 saturated heterocycles. The molecule has 3 rings (SSSR count). The van der Waals surface area contributed by atoms with Crippen LogP contribution in [0, 0.1) is 13.8 Å². The number of aromatic nitrogens is 4. The molecule has 0 radical (unpaired) electrons. The molecule has 0 bridgehead atoms. The van der Waals surface area contributed by atoms with Gasteiger partial charge in [-0.2, -0.15) is 10.2 Å². The normalized spacial score (nSPS) is 10.8. The fourth-order valence-electron chi connectivity index (χ4n) is 2.77. The van der Waals surface area contributed by atoms with E-state index in [1.54, 1.807) is 42.9 Å². The number of H-pyrrole nitrogens is 1. The second-order valence-corrected chi connectivity index (χ2v) is 6.10. The van der Waals surface area contributed by atoms with E-state index in [0.29, 0.717) is 27.8 Å². The smallest absolute Gasteiger partial charge is 0.312 e. The fraction of sp³-hybridized carbons (Fsp3) is 0.278. The van der Waals surface area contributed by atoms with Crippen LogP contribution in [0.5, 0.6) is 0 Å². The van der Waals surface area contributed by atoms with E-state index in [1.165, 1.54) is 0 Å². The summed E-state index contributed by atoms with van der Waals surface area (Å²) in [6.07, 6.45) is -0.157. The number of anilines is 1. The molecule has 2 aromatic heterocycles. The van der Waals surface area contributed by atoms with Crippen molar-refractivity contribution in [2.45, 2.75) is 20.3 Å². The van der Waals surface area contributed by atoms with Crippen molar-refractivity contribution in [1.29, 1.82) is 0 Å². The lowest BCUT2D eigenvalue weighted by Gasteiger charge is -2.08. The van der Waals surface area contributed by atoms with E-state index in [-0.39, 0.29) is 12.0 Å². The molecule has 2 heterocycles. The van der Waals surface area contributed by atoms with Gasteiger partial charge < -0.3 is 10.1 Å². The minimum Gasteiger partial charge on any atom is -0.455 e. The lowest BCUT2D eigenvalue weighted by molar-refractivity contribution is -0.146. The molecule has 0 aliphatic rings. The van der Waals surface area contributed by atoms with E-state index in [9.17, 15) is 14.4 Å². The first-order chi connectivity index (χ1) is 12.9. The molecule has 0 fully saturated rings. The van der Waals surface area contributed by atoms with Crippen LogP contribution in [0.2, 0.25) is 0 Å². The second-order valence-electron chi connectivity index (χ2n) is 6.10. The average molecular weight is 369 g/mol. The Morgan fingerprint density at radius 3 is 2.59 bits per heavy atom. The van der Waals surface area contributed by atoms with Crippen molar-refractivity contribution in [2.75, 3.05) is 11.9 Å². The fourth-order valence-corrected chi connectivity index (χ4v) is 2.77. The third-order valence-corrected chi connectivity index (χ3v) is 4.22. The monoisotopic (exact) mass is 369 g/mol. The summed E-state index contributed by atoms with van der Waals surface area (Å²) in [6, 6.07) is 6.84. The zero-order valence-corrected chi connectivity index (χ0v) is 15.2. The number of nitrogens with one attached hydrogen (secondary N) is 2. The zero-order chi connectivity index (χ0) is 19.6. The Balaban J connectivity index is 1.63. The number of esters is 1. The zero-order valence-electron chi connectivity index (χ0n) is 15.2. The first-order valence-corrected chi connectivity index (χ1v) is 8.28. The van der Waals surface area contributed by atoms with Gasteiger partial charge in [0.25, 0.3) is 11.5 Å². The molecule has 9 heteroatoms. The number of amides is 1. The van der Waals surface area contributed by atoms with Gasteiger partial charge in [0.2, 0.25) is 0 Å². The van der Waals surface area contributed by atoms with Gasteiger partial charge in [0.05, 0.1) is 34.6 Å². The molecule has 0 unspecified atom stereocenters. The van der Waals surface area contributed by atoms with E-state index in [4.69, 9.17) is 4.74 Å². The molecule has 3 aromatic rings. The maximum atomic E-state index is 12.1. The minimum absolute atomic E-state index is 0.157. The molecule has 1 aromatic carbocycles. The van der Waals surface area contributed by atoms with Crippen LogP contribution in [0.1, 0.15) is 17.1 Å². The summed E-state index contributed by atoms with van der Waals surface area (Å²) in [4.78, 5) is 35.9. The maximum Gasteiger partial charge on any atom is 0.312 e. The van der Waals surface area contributed by atoms with Crippen LogP contribution in [0.25, 0.3) is 10.8 Å². The van der Waals surface area contributed by atoms with E-state index in [2.05, 4.69) is 20.6 Å². The first kappa shape index (κ1) is 18.3. The predicted molar refractivity (Wildman–Crippen MR) is 98.3 cm³/mol. The van der Waals surface area contributed by atoms with Crippen LogP contribution < -0.4 is 10.9 Å². The number of hydrogen-bond acceptors (Lipinski definition) is 6. The number of aromatic amines is 1. The van der Waals surface area contributed by atoms with Gasteiger partial charge >= 0.3 is 5.97 Å². The Bertz CT molecular complexity index is 1080. The van der Waals surface area contributed by atoms with Crippen molar-refractivity contribution in [1.82, 2.24) is 20.0 Å². The lowest BCUT2D eigenvalue weighted by Crippen LogP contribution is -2.23. The summed E-state index contributed by atoms with van der Waals surface area (Å²) in [7, 11) is 1.78. The molecule has 9 nitrogen and oxygen atoms in total. The van der Waals surface area contributed by atoms with Gasteiger partial charge in [-0.25, -0.2) is 5.10 Å². The summed E-state index contributed by atoms with van der Waals surface area (Å²) in [5.41, 5.74) is 2.14. The van der Waals surface area contributed by atoms with Crippen molar-refractivity contribution in [3.05, 3.63) is 51.7 Å². The third kappa shape index (κ3) is 3.86. The predicted octanol–water partition coefficient (Wildman–Crippen LogP) is 0.998. The van der Waals surface area contributed by atoms with E-state index >= 15 is 0 Å². The Kier molecular flexibility index (Phi) is 5.02. The summed E-state index contributed by atoms with van der Waals surface area (Å²) in [6.45, 7) is 3.18. The van der Waals surface area contributed by atoms with Crippen LogP contribution >= 0.6 is 0 Å². The Hall–Kier alpha value is -3.49. The highest BCUT2D eigenvalue weighted by molar-refractivity contribution is 5.94. The summed E-state index contributed by atoms with van der Waals surface area (Å²) < 4.78 is 6.69. The number of carbonyl (C=O) groups is 2. The summed E-state index contributed by atoms with van der Waals surface area (Å²) in [5.74, 6) is -1.07. The van der Waals surface area contributed by atoms with Crippen LogP contribution in [0.3, 0.4) is 0 Å². The van der Waals surface area contributed by atoms with Crippen molar-refractivity contribution in [2.24, 2.45) is 7.05 Å². The third-order valence-electron chi connectivity index (χ3n) is 4.22. The number of fused-ring (bicyclic) bond motifs is 1. The maximum absolute atomic E-state index is 12.1. The largest absolute Gasteiger partial charge is 0.455 e. The standard InChI is InChI=1S/C18H19N5O4/c1-10-17(11(2)23(3)22-10)19-15(24)9-27-16(25)8-14-12-6-4-5-7-13(12)18(26)21-20-14/h4-7H,8-9H2,1-3H3,(H,19,24)(H,21,26). The van der Waals surface area contributed by atoms with Crippen LogP contribution in [0.4, 0.5) is 5.69 Å². The van der Waals surface area contributed by atoms with Crippen LogP contribution in [-0.4, -0.2) is 38.5 Å². The van der Waals surface area contributed by atoms with Gasteiger partial charge in [0, 0.05) is 12.4 Å². The lowest BCUT2D eigenvalue weighted by atomic mass is 10.1. The average Bonchev–Trinajstić information content (AvgIpc) is 2.89. The molecule has 140 valence electrons. The first-order valence-electron chi connectivity index (χ1n) is 8.28. The van der Waals surface area contributed by atoms with Crippen molar-refractivity contribution < 1.29 is 14.3 Å². The minimum atomic E-state index is -0.616. The van der Waals surface area contributed by atoms with Crippen LogP contribution in [-0.2, 0) is 27.8 Å². The number of carbonyl (C=O) groups excluding carboxylic acids is 2. The number of ether oxygens (including phenoxy) is 1. The highest BCUT2D eigenvalue weighted by Crippen LogP contribution is 2.18. The number of aryl methyl sites for hydroxylation is 2. The van der Waals surface area contributed by atoms with Gasteiger partial charge in [-0.1, -0.05) is 18.2 Å². The number of benzene rings is 1. The van der Waals surface area contributed by atoms with Crippen LogP contribution in [0.15, 0.2) is 29.1 Å². The topological polar surface area (TPSA) is 119 Å². The molecular formula is C18H19N5O4. The summed E-state index contributed by atoms with van der Waals surface area (Å²) in [5, 5.41) is 14.2. The van der Waals surface area contributed by atoms with Gasteiger partial charge in [0.15, 0.2) is 6.61 Å². The molecular weight excluding hydrogens is 350 g/mol. The second kappa shape index (κ2) is 7.40. The van der Waals surface area contributed by atoms with Gasteiger partial charge in [-0.05, 0) is 19.9 Å². The Morgan fingerprint density at radius 2 is 1.93 bits per heavy atom. The SMILES string of the molecule is Cc1nn(C)c(C)c1NC(=O)COC(=O)Cc1n[nH]c(=O)c2ccccc12. The highest BCUT2D eigenvalue weighted by Gasteiger charge is 2.16. The van der Waals surface area contributed by atoms with Crippen molar-refractivity contribution in [3.63, 3.8) is 0 Å². The van der Waals surface area contributed by atoms with Gasteiger partial charge in [0.1, 0.15) is 0 Å². The molecule has 0 aliphatic carbocycles. The Labute approximate surface area is 154 Å². The quantitative estimate of drug-likeness (QED) is 0.648.